The smallest absolute Gasteiger partial charge is 0.137 e. The van der Waals surface area contributed by atoms with Gasteiger partial charge in [-0.05, 0) is 18.1 Å². The van der Waals surface area contributed by atoms with E-state index in [4.69, 9.17) is 10.5 Å². The van der Waals surface area contributed by atoms with Gasteiger partial charge < -0.3 is 15.3 Å². The van der Waals surface area contributed by atoms with Crippen molar-refractivity contribution in [2.45, 2.75) is 12.5 Å². The van der Waals surface area contributed by atoms with Crippen molar-refractivity contribution >= 4 is 6.29 Å². The summed E-state index contributed by atoms with van der Waals surface area (Å²) < 4.78 is 5.12. The maximum absolute atomic E-state index is 10.3. The van der Waals surface area contributed by atoms with Crippen molar-refractivity contribution in [3.63, 3.8) is 0 Å². The summed E-state index contributed by atoms with van der Waals surface area (Å²) in [5.74, 6) is 0.778. The Morgan fingerprint density at radius 3 is 2.85 bits per heavy atom. The van der Waals surface area contributed by atoms with Crippen molar-refractivity contribution in [3.8, 4) is 5.75 Å². The summed E-state index contributed by atoms with van der Waals surface area (Å²) >= 11 is 0. The van der Waals surface area contributed by atoms with E-state index in [9.17, 15) is 4.79 Å². The molecule has 13 heavy (non-hydrogen) atoms. The summed E-state index contributed by atoms with van der Waals surface area (Å²) in [6, 6.07) is 7.09. The number of methoxy groups -OCH3 is 1. The van der Waals surface area contributed by atoms with Crippen LogP contribution in [0.15, 0.2) is 24.3 Å². The number of rotatable bonds is 4. The summed E-state index contributed by atoms with van der Waals surface area (Å²) in [6.07, 6.45) is 1.26. The highest BCUT2D eigenvalue weighted by Gasteiger charge is 2.06. The molecule has 0 aliphatic heterocycles. The van der Waals surface area contributed by atoms with Gasteiger partial charge in [0.15, 0.2) is 0 Å². The number of hydrogen-bond donors (Lipinski definition) is 1. The zero-order chi connectivity index (χ0) is 9.68. The molecule has 0 aromatic heterocycles. The van der Waals surface area contributed by atoms with Crippen molar-refractivity contribution in [2.24, 2.45) is 5.73 Å². The summed E-state index contributed by atoms with van der Waals surface area (Å²) in [6.45, 7) is 0. The average Bonchev–Trinajstić information content (AvgIpc) is 2.18. The molecule has 2 N–H and O–H groups in total. The van der Waals surface area contributed by atoms with Crippen LogP contribution in [-0.4, -0.2) is 19.4 Å². The molecule has 0 bridgehead atoms. The monoisotopic (exact) mass is 179 g/mol. The van der Waals surface area contributed by atoms with Crippen molar-refractivity contribution in [2.75, 3.05) is 7.11 Å². The number of nitrogens with two attached hydrogens (primary N) is 1. The number of benzene rings is 1. The van der Waals surface area contributed by atoms with E-state index in [2.05, 4.69) is 0 Å². The quantitative estimate of drug-likeness (QED) is 0.694. The lowest BCUT2D eigenvalue weighted by atomic mass is 10.1. The summed E-state index contributed by atoms with van der Waals surface area (Å²) in [5, 5.41) is 0. The molecule has 0 spiro atoms. The number of aldehydes is 1. The minimum atomic E-state index is -0.448. The third-order valence-corrected chi connectivity index (χ3v) is 1.82. The molecule has 1 aromatic rings. The molecule has 0 saturated carbocycles. The van der Waals surface area contributed by atoms with Crippen LogP contribution in [0.3, 0.4) is 0 Å². The van der Waals surface area contributed by atoms with Crippen LogP contribution >= 0.6 is 0 Å². The second-order valence-corrected chi connectivity index (χ2v) is 2.82. The molecular weight excluding hydrogens is 166 g/mol. The maximum Gasteiger partial charge on any atom is 0.137 e. The minimum absolute atomic E-state index is 0.448. The van der Waals surface area contributed by atoms with Crippen LogP contribution < -0.4 is 10.5 Å². The number of hydrogen-bond acceptors (Lipinski definition) is 3. The summed E-state index contributed by atoms with van der Waals surface area (Å²) in [7, 11) is 1.60. The fraction of sp³-hybridized carbons (Fsp3) is 0.300. The van der Waals surface area contributed by atoms with E-state index in [1.165, 1.54) is 0 Å². The first kappa shape index (κ1) is 9.74. The molecule has 1 aromatic carbocycles. The lowest BCUT2D eigenvalue weighted by Crippen LogP contribution is -2.24. The van der Waals surface area contributed by atoms with Crippen LogP contribution in [0.1, 0.15) is 5.56 Å². The maximum atomic E-state index is 10.3. The van der Waals surface area contributed by atoms with E-state index in [-0.39, 0.29) is 0 Å². The van der Waals surface area contributed by atoms with Crippen LogP contribution in [-0.2, 0) is 11.2 Å². The SMILES string of the molecule is COc1ccccc1CC(N)C=O. The normalized spacial score (nSPS) is 12.2. The fourth-order valence-corrected chi connectivity index (χ4v) is 1.17. The van der Waals surface area contributed by atoms with Gasteiger partial charge in [0.1, 0.15) is 12.0 Å². The van der Waals surface area contributed by atoms with Crippen LogP contribution in [0.5, 0.6) is 5.75 Å². The van der Waals surface area contributed by atoms with Crippen molar-refractivity contribution in [1.82, 2.24) is 0 Å². The Labute approximate surface area is 77.5 Å². The van der Waals surface area contributed by atoms with E-state index in [1.807, 2.05) is 24.3 Å². The van der Waals surface area contributed by atoms with E-state index in [0.29, 0.717) is 6.42 Å². The molecule has 0 aliphatic rings. The standard InChI is InChI=1S/C10H13NO2/c1-13-10-5-3-2-4-8(10)6-9(11)7-12/h2-5,7,9H,6,11H2,1H3. The third kappa shape index (κ3) is 2.56. The summed E-state index contributed by atoms with van der Waals surface area (Å²) in [4.78, 5) is 10.3. The van der Waals surface area contributed by atoms with Gasteiger partial charge in [-0.2, -0.15) is 0 Å². The van der Waals surface area contributed by atoms with Gasteiger partial charge in [0, 0.05) is 0 Å². The van der Waals surface area contributed by atoms with Crippen LogP contribution in [0.4, 0.5) is 0 Å². The van der Waals surface area contributed by atoms with Gasteiger partial charge in [-0.1, -0.05) is 18.2 Å². The first-order valence-corrected chi connectivity index (χ1v) is 4.10. The molecule has 0 fully saturated rings. The molecule has 1 rings (SSSR count). The second-order valence-electron chi connectivity index (χ2n) is 2.82. The molecular formula is C10H13NO2. The Bertz CT molecular complexity index is 286. The minimum Gasteiger partial charge on any atom is -0.496 e. The number of para-hydroxylation sites is 1. The second kappa shape index (κ2) is 4.62. The van der Waals surface area contributed by atoms with E-state index in [1.54, 1.807) is 7.11 Å². The number of ether oxygens (including phenoxy) is 1. The lowest BCUT2D eigenvalue weighted by molar-refractivity contribution is -0.108. The predicted octanol–water partition coefficient (Wildman–Crippen LogP) is 0.764. The largest absolute Gasteiger partial charge is 0.496 e. The molecule has 70 valence electrons. The zero-order valence-corrected chi connectivity index (χ0v) is 7.57. The Kier molecular flexibility index (Phi) is 3.46. The molecule has 0 aliphatic carbocycles. The molecule has 3 heteroatoms. The van der Waals surface area contributed by atoms with E-state index in [0.717, 1.165) is 17.6 Å². The molecule has 0 saturated heterocycles. The van der Waals surface area contributed by atoms with Gasteiger partial charge in [0.2, 0.25) is 0 Å². The van der Waals surface area contributed by atoms with E-state index < -0.39 is 6.04 Å². The molecule has 0 amide bonds. The predicted molar refractivity (Wildman–Crippen MR) is 50.7 cm³/mol. The Morgan fingerprint density at radius 1 is 1.54 bits per heavy atom. The van der Waals surface area contributed by atoms with Crippen LogP contribution in [0.25, 0.3) is 0 Å². The molecule has 0 heterocycles. The Balaban J connectivity index is 2.80. The average molecular weight is 179 g/mol. The molecule has 1 unspecified atom stereocenters. The van der Waals surface area contributed by atoms with Gasteiger partial charge in [0.25, 0.3) is 0 Å². The number of carbonyl (C=O) groups is 1. The van der Waals surface area contributed by atoms with Gasteiger partial charge in [-0.3, -0.25) is 0 Å². The first-order chi connectivity index (χ1) is 6.27. The topological polar surface area (TPSA) is 52.3 Å². The van der Waals surface area contributed by atoms with Crippen molar-refractivity contribution < 1.29 is 9.53 Å². The first-order valence-electron chi connectivity index (χ1n) is 4.10. The highest BCUT2D eigenvalue weighted by Crippen LogP contribution is 2.17. The van der Waals surface area contributed by atoms with Crippen LogP contribution in [0, 0.1) is 0 Å². The van der Waals surface area contributed by atoms with Gasteiger partial charge in [-0.25, -0.2) is 0 Å². The van der Waals surface area contributed by atoms with Gasteiger partial charge >= 0.3 is 0 Å². The van der Waals surface area contributed by atoms with E-state index >= 15 is 0 Å². The third-order valence-electron chi connectivity index (χ3n) is 1.82. The molecule has 3 nitrogen and oxygen atoms in total. The Hall–Kier alpha value is -1.35. The van der Waals surface area contributed by atoms with Gasteiger partial charge in [-0.15, -0.1) is 0 Å². The Morgan fingerprint density at radius 2 is 2.23 bits per heavy atom. The van der Waals surface area contributed by atoms with Gasteiger partial charge in [0.05, 0.1) is 13.2 Å². The van der Waals surface area contributed by atoms with Crippen molar-refractivity contribution in [3.05, 3.63) is 29.8 Å². The zero-order valence-electron chi connectivity index (χ0n) is 7.57. The molecule has 1 atom stereocenters. The lowest BCUT2D eigenvalue weighted by Gasteiger charge is -2.08. The highest BCUT2D eigenvalue weighted by molar-refractivity contribution is 5.58. The highest BCUT2D eigenvalue weighted by atomic mass is 16.5. The summed E-state index contributed by atoms with van der Waals surface area (Å²) in [5.41, 5.74) is 6.47. The number of carbonyl (C=O) groups excluding carboxylic acids is 1. The molecule has 0 radical (unpaired) electrons. The van der Waals surface area contributed by atoms with Crippen LogP contribution in [0.2, 0.25) is 0 Å². The fourth-order valence-electron chi connectivity index (χ4n) is 1.17. The van der Waals surface area contributed by atoms with Crippen molar-refractivity contribution in [1.29, 1.82) is 0 Å².